The second-order valence-corrected chi connectivity index (χ2v) is 8.63. The average Bonchev–Trinajstić information content (AvgIpc) is 3.17. The molecule has 0 atom stereocenters. The smallest absolute Gasteiger partial charge is 0.368 e. The van der Waals surface area contributed by atoms with Gasteiger partial charge in [0.1, 0.15) is 5.78 Å². The predicted octanol–water partition coefficient (Wildman–Crippen LogP) is 4.11. The van der Waals surface area contributed by atoms with E-state index in [1.165, 1.54) is 13.0 Å². The van der Waals surface area contributed by atoms with E-state index in [2.05, 4.69) is 20.6 Å². The van der Waals surface area contributed by atoms with Crippen molar-refractivity contribution in [2.75, 3.05) is 16.4 Å². The fraction of sp³-hybridized carbons (Fsp3) is 0.120. The number of carbonyl (C=O) groups is 4. The first-order valence-corrected chi connectivity index (χ1v) is 11.3. The van der Waals surface area contributed by atoms with Gasteiger partial charge in [-0.3, -0.25) is 14.4 Å². The zero-order valence-corrected chi connectivity index (χ0v) is 20.8. The van der Waals surface area contributed by atoms with Crippen LogP contribution in [0.1, 0.15) is 29.3 Å². The lowest BCUT2D eigenvalue weighted by Crippen LogP contribution is -2.23. The summed E-state index contributed by atoms with van der Waals surface area (Å²) < 4.78 is 0. The Balaban J connectivity index is 0.000000202. The van der Waals surface area contributed by atoms with Gasteiger partial charge in [-0.15, -0.1) is 0 Å². The number of hydrogen-bond acceptors (Lipinski definition) is 5. The van der Waals surface area contributed by atoms with Crippen LogP contribution in [0.4, 0.5) is 21.9 Å². The number of aryl methyl sites for hydroxylation is 1. The van der Waals surface area contributed by atoms with Crippen LogP contribution >= 0.6 is 23.2 Å². The number of anilines is 3. The number of nitrogen functional groups attached to an aromatic ring is 1. The Morgan fingerprint density at radius 2 is 1.56 bits per heavy atom. The van der Waals surface area contributed by atoms with Gasteiger partial charge in [-0.1, -0.05) is 29.3 Å². The number of carbonyl (C=O) groups excluding carboxylic acids is 4. The fourth-order valence-electron chi connectivity index (χ4n) is 3.04. The molecule has 1 aliphatic rings. The van der Waals surface area contributed by atoms with Gasteiger partial charge in [0.25, 0.3) is 5.91 Å². The maximum atomic E-state index is 12.1. The number of rotatable bonds is 5. The monoisotopic (exact) mass is 525 g/mol. The van der Waals surface area contributed by atoms with Crippen molar-refractivity contribution >= 4 is 63.9 Å². The van der Waals surface area contributed by atoms with Gasteiger partial charge >= 0.3 is 6.03 Å². The summed E-state index contributed by atoms with van der Waals surface area (Å²) in [5.74, 6) is -0.923. The van der Waals surface area contributed by atoms with E-state index in [-0.39, 0.29) is 18.1 Å². The van der Waals surface area contributed by atoms with Gasteiger partial charge in [0, 0.05) is 22.1 Å². The minimum Gasteiger partial charge on any atom is -0.398 e. The van der Waals surface area contributed by atoms with Crippen molar-refractivity contribution in [3.63, 3.8) is 0 Å². The third-order valence-electron chi connectivity index (χ3n) is 4.81. The van der Waals surface area contributed by atoms with Crippen molar-refractivity contribution in [3.05, 3.63) is 86.5 Å². The highest BCUT2D eigenvalue weighted by molar-refractivity contribution is 6.36. The van der Waals surface area contributed by atoms with Crippen LogP contribution in [0.5, 0.6) is 0 Å². The van der Waals surface area contributed by atoms with Crippen LogP contribution in [0.15, 0.2) is 64.6 Å². The normalized spacial score (nSPS) is 11.3. The first-order chi connectivity index (χ1) is 17.0. The third-order valence-corrected chi connectivity index (χ3v) is 5.38. The maximum absolute atomic E-state index is 12.1. The molecule has 9 nitrogen and oxygen atoms in total. The van der Waals surface area contributed by atoms with Gasteiger partial charge in [-0.05, 0) is 67.9 Å². The number of ketones is 1. The van der Waals surface area contributed by atoms with Crippen LogP contribution in [0, 0.1) is 6.92 Å². The predicted molar refractivity (Wildman–Crippen MR) is 138 cm³/mol. The Bertz CT molecular complexity index is 1500. The highest BCUT2D eigenvalue weighted by Gasteiger charge is 2.12. The molecule has 1 aliphatic heterocycles. The van der Waals surface area contributed by atoms with Gasteiger partial charge < -0.3 is 16.4 Å². The van der Waals surface area contributed by atoms with Gasteiger partial charge in [0.05, 0.1) is 27.7 Å². The molecule has 0 radical (unpaired) electrons. The second kappa shape index (κ2) is 11.6. The first-order valence-electron chi connectivity index (χ1n) is 10.5. The Hall–Kier alpha value is -4.08. The molecule has 184 valence electrons. The molecule has 3 aromatic rings. The van der Waals surface area contributed by atoms with Crippen molar-refractivity contribution in [1.82, 2.24) is 0 Å². The molecule has 0 saturated heterocycles. The molecule has 0 aromatic heterocycles. The van der Waals surface area contributed by atoms with Crippen LogP contribution in [0.2, 0.25) is 10.0 Å². The Morgan fingerprint density at radius 1 is 0.889 bits per heavy atom. The van der Waals surface area contributed by atoms with Crippen LogP contribution in [0.3, 0.4) is 0 Å². The second-order valence-electron chi connectivity index (χ2n) is 7.79. The highest BCUT2D eigenvalue weighted by atomic mass is 35.5. The summed E-state index contributed by atoms with van der Waals surface area (Å²) in [6, 6.07) is 14.2. The lowest BCUT2D eigenvalue weighted by atomic mass is 10.1. The standard InChI is InChI=1S/C14H12Cl2N2O.C11H9N3O3/c1-8-2-4-10(7-13(8)17)18-14(19)11-6-9(15)3-5-12(11)16;1-6(15)4-10(16)12-7-2-3-8-9(5-7)14-11(17)13-8/h2-7H,17H2,1H3,(H,18,19);2-3,5H,4H2,1H3,(H,12,16). The number of halogens is 2. The molecule has 4 N–H and O–H groups in total. The summed E-state index contributed by atoms with van der Waals surface area (Å²) in [6.07, 6.45) is -0.169. The Morgan fingerprint density at radius 3 is 2.25 bits per heavy atom. The molecule has 4 amide bonds. The molecule has 0 saturated carbocycles. The lowest BCUT2D eigenvalue weighted by molar-refractivity contribution is -0.124. The van der Waals surface area contributed by atoms with Gasteiger partial charge in [-0.25, -0.2) is 4.79 Å². The topological polar surface area (TPSA) is 143 Å². The minimum absolute atomic E-state index is 0.169. The molecule has 1 heterocycles. The maximum Gasteiger partial charge on any atom is 0.368 e. The molecule has 0 spiro atoms. The van der Waals surface area contributed by atoms with E-state index >= 15 is 0 Å². The number of urea groups is 1. The first kappa shape index (κ1) is 26.5. The van der Waals surface area contributed by atoms with Crippen LogP contribution < -0.4 is 27.1 Å². The van der Waals surface area contributed by atoms with E-state index in [9.17, 15) is 19.2 Å². The molecule has 0 unspecified atom stereocenters. The van der Waals surface area contributed by atoms with Gasteiger partial charge in [0.15, 0.2) is 0 Å². The number of nitrogens with one attached hydrogen (secondary N) is 2. The average molecular weight is 526 g/mol. The summed E-state index contributed by atoms with van der Waals surface area (Å²) in [5, 5.41) is 7.00. The largest absolute Gasteiger partial charge is 0.398 e. The quantitative estimate of drug-likeness (QED) is 0.339. The number of nitrogens with zero attached hydrogens (tertiary/aromatic N) is 2. The van der Waals surface area contributed by atoms with Gasteiger partial charge in [0.2, 0.25) is 5.91 Å². The van der Waals surface area contributed by atoms with Crippen LogP contribution in [-0.4, -0.2) is 23.6 Å². The van der Waals surface area contributed by atoms with Crippen molar-refractivity contribution < 1.29 is 19.2 Å². The van der Waals surface area contributed by atoms with E-state index in [1.54, 1.807) is 42.5 Å². The SMILES string of the molecule is CC(=O)CC(=O)Nc1ccc2c(c1)=NC(=O)N=2.Cc1ccc(NC(=O)c2cc(Cl)ccc2Cl)cc1N. The summed E-state index contributed by atoms with van der Waals surface area (Å²) in [7, 11) is 0. The molecule has 4 rings (SSSR count). The molecular formula is C25H21Cl2N5O4. The minimum atomic E-state index is -0.549. The van der Waals surface area contributed by atoms with Gasteiger partial charge in [-0.2, -0.15) is 9.98 Å². The van der Waals surface area contributed by atoms with E-state index < -0.39 is 11.9 Å². The Labute approximate surface area is 216 Å². The molecule has 0 bridgehead atoms. The fourth-order valence-corrected chi connectivity index (χ4v) is 3.41. The number of amides is 4. The molecule has 11 heteroatoms. The third kappa shape index (κ3) is 7.21. The number of benzene rings is 3. The summed E-state index contributed by atoms with van der Waals surface area (Å²) in [6.45, 7) is 3.24. The van der Waals surface area contributed by atoms with Crippen LogP contribution in [0.25, 0.3) is 0 Å². The van der Waals surface area contributed by atoms with E-state index in [4.69, 9.17) is 28.9 Å². The van der Waals surface area contributed by atoms with Crippen molar-refractivity contribution in [3.8, 4) is 0 Å². The van der Waals surface area contributed by atoms with Crippen molar-refractivity contribution in [2.24, 2.45) is 9.98 Å². The zero-order chi connectivity index (χ0) is 26.4. The van der Waals surface area contributed by atoms with E-state index in [0.717, 1.165) is 5.56 Å². The van der Waals surface area contributed by atoms with Crippen LogP contribution in [-0.2, 0) is 9.59 Å². The molecule has 0 fully saturated rings. The van der Waals surface area contributed by atoms with E-state index in [1.807, 2.05) is 13.0 Å². The van der Waals surface area contributed by atoms with Crippen molar-refractivity contribution in [2.45, 2.75) is 20.3 Å². The molecular weight excluding hydrogens is 505 g/mol. The molecule has 36 heavy (non-hydrogen) atoms. The number of Topliss-reactive ketones (excluding diaryl/α,β-unsaturated/α-hetero) is 1. The summed E-state index contributed by atoms with van der Waals surface area (Å²) in [4.78, 5) is 52.4. The molecule has 3 aromatic carbocycles. The Kier molecular flexibility index (Phi) is 8.52. The van der Waals surface area contributed by atoms with Crippen molar-refractivity contribution in [1.29, 1.82) is 0 Å². The molecule has 0 aliphatic carbocycles. The summed E-state index contributed by atoms with van der Waals surface area (Å²) in [5.41, 5.74) is 8.80. The van der Waals surface area contributed by atoms with E-state index in [0.29, 0.717) is 43.4 Å². The zero-order valence-electron chi connectivity index (χ0n) is 19.3. The highest BCUT2D eigenvalue weighted by Crippen LogP contribution is 2.23. The number of fused-ring (bicyclic) bond motifs is 1. The lowest BCUT2D eigenvalue weighted by Gasteiger charge is -2.09. The number of nitrogens with two attached hydrogens (primary N) is 1. The number of hydrogen-bond donors (Lipinski definition) is 3. The summed E-state index contributed by atoms with van der Waals surface area (Å²) >= 11 is 11.8.